The minimum atomic E-state index is -0.339. The van der Waals surface area contributed by atoms with E-state index in [1.165, 1.54) is 0 Å². The molecule has 0 bridgehead atoms. The van der Waals surface area contributed by atoms with Crippen LogP contribution in [0.5, 0.6) is 11.5 Å². The lowest BCUT2D eigenvalue weighted by molar-refractivity contribution is -0.123. The Morgan fingerprint density at radius 3 is 2.93 bits per heavy atom. The standard InChI is InChI=1S/C19H22N4O3S/c1-4-27-19-21-18-20-12-8-6-9-13(24)15(12)16(23(18)22-19)11-7-5-10-14(25-2)17(11)26-3/h5,7-8,10,15-16H,4,6,9H2,1-3H3,(H,20,21,22)/t15-,16-/m0/s1. The zero-order chi connectivity index (χ0) is 19.0. The third-order valence-electron chi connectivity index (χ3n) is 4.91. The third-order valence-corrected chi connectivity index (χ3v) is 5.63. The fourth-order valence-electron chi connectivity index (χ4n) is 3.80. The molecule has 2 aromatic rings. The molecule has 1 aromatic carbocycles. The molecule has 0 unspecified atom stereocenters. The number of benzene rings is 1. The van der Waals surface area contributed by atoms with Crippen molar-refractivity contribution in [2.45, 2.75) is 31.0 Å². The summed E-state index contributed by atoms with van der Waals surface area (Å²) in [5.41, 5.74) is 1.76. The number of carbonyl (C=O) groups excluding carboxylic acids is 1. The van der Waals surface area contributed by atoms with E-state index in [4.69, 9.17) is 9.47 Å². The van der Waals surface area contributed by atoms with Gasteiger partial charge in [0.25, 0.3) is 0 Å². The van der Waals surface area contributed by atoms with Gasteiger partial charge in [-0.25, -0.2) is 4.68 Å². The fraction of sp³-hybridized carbons (Fsp3) is 0.421. The van der Waals surface area contributed by atoms with Gasteiger partial charge < -0.3 is 14.8 Å². The average molecular weight is 386 g/mol. The molecule has 2 atom stereocenters. The van der Waals surface area contributed by atoms with Crippen molar-refractivity contribution in [3.8, 4) is 11.5 Å². The van der Waals surface area contributed by atoms with Crippen molar-refractivity contribution in [2.24, 2.45) is 5.92 Å². The number of nitrogens with one attached hydrogen (secondary N) is 1. The number of nitrogens with zero attached hydrogens (tertiary/aromatic N) is 3. The van der Waals surface area contributed by atoms with E-state index in [2.05, 4.69) is 28.4 Å². The Bertz CT molecular complexity index is 908. The predicted octanol–water partition coefficient (Wildman–Crippen LogP) is 3.29. The van der Waals surface area contributed by atoms with Gasteiger partial charge in [0.05, 0.1) is 26.2 Å². The molecule has 2 aliphatic rings. The Morgan fingerprint density at radius 1 is 1.33 bits per heavy atom. The number of rotatable bonds is 5. The van der Waals surface area contributed by atoms with Crippen LogP contribution in [0.3, 0.4) is 0 Å². The summed E-state index contributed by atoms with van der Waals surface area (Å²) in [7, 11) is 3.22. The maximum absolute atomic E-state index is 12.9. The summed E-state index contributed by atoms with van der Waals surface area (Å²) in [5, 5.41) is 8.70. The minimum Gasteiger partial charge on any atom is -0.493 e. The second kappa shape index (κ2) is 7.26. The second-order valence-corrected chi connectivity index (χ2v) is 7.62. The highest BCUT2D eigenvalue weighted by molar-refractivity contribution is 7.99. The first-order valence-corrected chi connectivity index (χ1v) is 9.96. The molecule has 1 N–H and O–H groups in total. The van der Waals surface area contributed by atoms with Crippen molar-refractivity contribution >= 4 is 23.5 Å². The largest absolute Gasteiger partial charge is 0.493 e. The molecular weight excluding hydrogens is 364 g/mol. The maximum Gasteiger partial charge on any atom is 0.227 e. The summed E-state index contributed by atoms with van der Waals surface area (Å²) in [5.74, 6) is 2.64. The lowest BCUT2D eigenvalue weighted by Crippen LogP contribution is -2.39. The van der Waals surface area contributed by atoms with Gasteiger partial charge in [-0.2, -0.15) is 4.98 Å². The third kappa shape index (κ3) is 2.97. The summed E-state index contributed by atoms with van der Waals surface area (Å²) in [6.07, 6.45) is 3.36. The quantitative estimate of drug-likeness (QED) is 0.790. The number of hydrogen-bond acceptors (Lipinski definition) is 7. The van der Waals surface area contributed by atoms with Gasteiger partial charge in [-0.1, -0.05) is 36.9 Å². The Hall–Kier alpha value is -2.48. The minimum absolute atomic E-state index is 0.195. The van der Waals surface area contributed by atoms with Crippen molar-refractivity contribution in [1.29, 1.82) is 0 Å². The van der Waals surface area contributed by atoms with E-state index >= 15 is 0 Å². The van der Waals surface area contributed by atoms with E-state index in [9.17, 15) is 4.79 Å². The Kier molecular flexibility index (Phi) is 4.82. The van der Waals surface area contributed by atoms with E-state index in [1.807, 2.05) is 22.9 Å². The Balaban J connectivity index is 1.92. The zero-order valence-corrected chi connectivity index (χ0v) is 16.4. The first-order chi connectivity index (χ1) is 13.2. The summed E-state index contributed by atoms with van der Waals surface area (Å²) in [6.45, 7) is 2.06. The van der Waals surface area contributed by atoms with Crippen LogP contribution in [0.15, 0.2) is 35.1 Å². The van der Waals surface area contributed by atoms with Crippen molar-refractivity contribution < 1.29 is 14.3 Å². The van der Waals surface area contributed by atoms with Gasteiger partial charge in [0.1, 0.15) is 5.78 Å². The fourth-order valence-corrected chi connectivity index (χ4v) is 4.36. The molecule has 2 heterocycles. The maximum atomic E-state index is 12.9. The number of allylic oxidation sites excluding steroid dienone is 2. The smallest absolute Gasteiger partial charge is 0.227 e. The van der Waals surface area contributed by atoms with Gasteiger partial charge in [0.2, 0.25) is 11.1 Å². The number of aromatic nitrogens is 3. The first-order valence-electron chi connectivity index (χ1n) is 8.98. The molecule has 0 saturated carbocycles. The summed E-state index contributed by atoms with van der Waals surface area (Å²) < 4.78 is 13.0. The summed E-state index contributed by atoms with van der Waals surface area (Å²) in [4.78, 5) is 17.5. The number of methoxy groups -OCH3 is 2. The molecule has 0 fully saturated rings. The number of para-hydroxylation sites is 1. The van der Waals surface area contributed by atoms with Gasteiger partial charge >= 0.3 is 0 Å². The molecule has 1 aromatic heterocycles. The Labute approximate surface area is 162 Å². The van der Waals surface area contributed by atoms with Crippen LogP contribution in [-0.2, 0) is 4.79 Å². The lowest BCUT2D eigenvalue weighted by Gasteiger charge is -2.36. The van der Waals surface area contributed by atoms with E-state index in [1.54, 1.807) is 26.0 Å². The zero-order valence-electron chi connectivity index (χ0n) is 15.6. The number of fused-ring (bicyclic) bond motifs is 2. The summed E-state index contributed by atoms with van der Waals surface area (Å²) in [6, 6.07) is 5.40. The average Bonchev–Trinajstić information content (AvgIpc) is 3.08. The molecule has 27 heavy (non-hydrogen) atoms. The van der Waals surface area contributed by atoms with E-state index in [-0.39, 0.29) is 17.7 Å². The van der Waals surface area contributed by atoms with Crippen LogP contribution in [0.2, 0.25) is 0 Å². The van der Waals surface area contributed by atoms with Crippen LogP contribution >= 0.6 is 11.8 Å². The molecule has 0 spiro atoms. The van der Waals surface area contributed by atoms with Gasteiger partial charge in [-0.3, -0.25) is 4.79 Å². The highest BCUT2D eigenvalue weighted by atomic mass is 32.2. The molecule has 8 heteroatoms. The van der Waals surface area contributed by atoms with Crippen molar-refractivity contribution in [2.75, 3.05) is 25.3 Å². The van der Waals surface area contributed by atoms with Gasteiger partial charge in [0.15, 0.2) is 11.5 Å². The number of anilines is 1. The molecule has 7 nitrogen and oxygen atoms in total. The molecule has 1 aliphatic heterocycles. The second-order valence-electron chi connectivity index (χ2n) is 6.39. The molecule has 1 aliphatic carbocycles. The summed E-state index contributed by atoms with van der Waals surface area (Å²) >= 11 is 1.57. The van der Waals surface area contributed by atoms with Crippen LogP contribution in [0.25, 0.3) is 0 Å². The number of carbonyl (C=O) groups is 1. The predicted molar refractivity (Wildman–Crippen MR) is 104 cm³/mol. The highest BCUT2D eigenvalue weighted by Crippen LogP contribution is 2.46. The van der Waals surface area contributed by atoms with Crippen LogP contribution < -0.4 is 14.8 Å². The van der Waals surface area contributed by atoms with Crippen LogP contribution in [0.4, 0.5) is 5.95 Å². The topological polar surface area (TPSA) is 78.3 Å². The van der Waals surface area contributed by atoms with Gasteiger partial charge in [0, 0.05) is 17.7 Å². The number of ketones is 1. The molecule has 0 amide bonds. The van der Waals surface area contributed by atoms with Crippen molar-refractivity contribution in [1.82, 2.24) is 14.8 Å². The van der Waals surface area contributed by atoms with Gasteiger partial charge in [-0.05, 0) is 18.2 Å². The monoisotopic (exact) mass is 386 g/mol. The lowest BCUT2D eigenvalue weighted by atomic mass is 9.80. The Morgan fingerprint density at radius 2 is 2.19 bits per heavy atom. The van der Waals surface area contributed by atoms with E-state index in [0.29, 0.717) is 29.0 Å². The van der Waals surface area contributed by atoms with E-state index in [0.717, 1.165) is 23.4 Å². The number of thioether (sulfide) groups is 1. The number of hydrogen-bond donors (Lipinski definition) is 1. The van der Waals surface area contributed by atoms with Crippen LogP contribution in [0.1, 0.15) is 31.4 Å². The molecule has 0 radical (unpaired) electrons. The molecule has 0 saturated heterocycles. The van der Waals surface area contributed by atoms with Crippen molar-refractivity contribution in [3.05, 3.63) is 35.5 Å². The van der Waals surface area contributed by atoms with Crippen LogP contribution in [-0.4, -0.2) is 40.5 Å². The first kappa shape index (κ1) is 17.9. The van der Waals surface area contributed by atoms with E-state index < -0.39 is 0 Å². The number of ether oxygens (including phenoxy) is 2. The van der Waals surface area contributed by atoms with Crippen molar-refractivity contribution in [3.63, 3.8) is 0 Å². The highest BCUT2D eigenvalue weighted by Gasteiger charge is 2.43. The number of Topliss-reactive ketones (excluding diaryl/α,β-unsaturated/α-hetero) is 1. The molecular formula is C19H22N4O3S. The molecule has 142 valence electrons. The normalized spacial score (nSPS) is 21.0. The SMILES string of the molecule is CCSc1nc2n(n1)[C@@H](c1cccc(OC)c1OC)[C@@H]1C(=O)CCC=C1N2. The molecule has 4 rings (SSSR count). The van der Waals surface area contributed by atoms with Crippen LogP contribution in [0, 0.1) is 5.92 Å². The van der Waals surface area contributed by atoms with Gasteiger partial charge in [-0.15, -0.1) is 5.10 Å².